The molecule has 0 amide bonds. The third-order valence-electron chi connectivity index (χ3n) is 3.87. The number of ether oxygens (including phenoxy) is 1. The van der Waals surface area contributed by atoms with E-state index in [1.807, 2.05) is 44.7 Å². The third kappa shape index (κ3) is 3.69. The fraction of sp³-hybridized carbons (Fsp3) is 0.562. The van der Waals surface area contributed by atoms with Crippen LogP contribution in [0.25, 0.3) is 0 Å². The van der Waals surface area contributed by atoms with Crippen molar-refractivity contribution in [3.05, 3.63) is 29.3 Å². The Bertz CT molecular complexity index is 525. The van der Waals surface area contributed by atoms with Gasteiger partial charge in [0.05, 0.1) is 17.2 Å². The summed E-state index contributed by atoms with van der Waals surface area (Å²) in [6.45, 7) is 8.04. The van der Waals surface area contributed by atoms with Crippen LogP contribution in [0.2, 0.25) is 5.02 Å². The van der Waals surface area contributed by atoms with Crippen molar-refractivity contribution in [2.24, 2.45) is 0 Å². The summed E-state index contributed by atoms with van der Waals surface area (Å²) in [5, 5.41) is 9.89. The molecule has 4 nitrogen and oxygen atoms in total. The average Bonchev–Trinajstić information content (AvgIpc) is 2.55. The smallest absolute Gasteiger partial charge is 0.323 e. The molecule has 1 aromatic carbocycles. The number of carboxylic acid groups (broad SMARTS) is 1. The minimum atomic E-state index is -0.856. The molecule has 1 heterocycles. The van der Waals surface area contributed by atoms with Crippen molar-refractivity contribution in [3.63, 3.8) is 0 Å². The fourth-order valence-corrected chi connectivity index (χ4v) is 3.30. The first-order valence-electron chi connectivity index (χ1n) is 7.05. The lowest BCUT2D eigenvalue weighted by Crippen LogP contribution is -2.48. The van der Waals surface area contributed by atoms with Gasteiger partial charge in [-0.2, -0.15) is 0 Å². The van der Waals surface area contributed by atoms with E-state index in [2.05, 4.69) is 0 Å². The molecule has 0 aliphatic carbocycles. The van der Waals surface area contributed by atoms with E-state index < -0.39 is 11.6 Å². The number of anilines is 1. The van der Waals surface area contributed by atoms with Gasteiger partial charge >= 0.3 is 5.97 Å². The van der Waals surface area contributed by atoms with E-state index in [-0.39, 0.29) is 18.2 Å². The molecule has 1 aliphatic rings. The van der Waals surface area contributed by atoms with E-state index in [0.717, 1.165) is 12.1 Å². The van der Waals surface area contributed by atoms with Crippen LogP contribution in [0.15, 0.2) is 24.3 Å². The van der Waals surface area contributed by atoms with E-state index in [1.165, 1.54) is 0 Å². The summed E-state index contributed by atoms with van der Waals surface area (Å²) in [5.41, 5.74) is 0.164. The molecule has 2 rings (SSSR count). The van der Waals surface area contributed by atoms with Crippen LogP contribution >= 0.6 is 11.6 Å². The van der Waals surface area contributed by atoms with Gasteiger partial charge in [-0.25, -0.2) is 0 Å². The van der Waals surface area contributed by atoms with Gasteiger partial charge in [0.25, 0.3) is 0 Å². The van der Waals surface area contributed by atoms with Crippen LogP contribution in [0.5, 0.6) is 0 Å². The molecule has 0 radical (unpaired) electrons. The first-order valence-corrected chi connectivity index (χ1v) is 7.43. The predicted octanol–water partition coefficient (Wildman–Crippen LogP) is 3.58. The molecular weight excluding hydrogens is 290 g/mol. The zero-order chi connectivity index (χ0) is 15.8. The number of halogens is 1. The molecule has 116 valence electrons. The van der Waals surface area contributed by atoms with Crippen LogP contribution in [0.4, 0.5) is 5.69 Å². The zero-order valence-corrected chi connectivity index (χ0v) is 13.6. The van der Waals surface area contributed by atoms with Gasteiger partial charge in [0.15, 0.2) is 0 Å². The number of hydrogen-bond acceptors (Lipinski definition) is 3. The van der Waals surface area contributed by atoms with Gasteiger partial charge in [0.2, 0.25) is 0 Å². The molecule has 1 saturated heterocycles. The van der Waals surface area contributed by atoms with Crippen molar-refractivity contribution in [1.82, 2.24) is 0 Å². The Kier molecular flexibility index (Phi) is 4.22. The molecule has 0 spiro atoms. The van der Waals surface area contributed by atoms with E-state index >= 15 is 0 Å². The molecule has 5 heteroatoms. The summed E-state index contributed by atoms with van der Waals surface area (Å²) in [7, 11) is 0. The predicted molar refractivity (Wildman–Crippen MR) is 84.1 cm³/mol. The first-order chi connectivity index (χ1) is 9.61. The van der Waals surface area contributed by atoms with Gasteiger partial charge in [-0.1, -0.05) is 11.6 Å². The van der Waals surface area contributed by atoms with Crippen LogP contribution < -0.4 is 4.90 Å². The Balaban J connectivity index is 2.36. The highest BCUT2D eigenvalue weighted by atomic mass is 35.5. The molecule has 21 heavy (non-hydrogen) atoms. The number of carboxylic acids is 1. The standard InChI is InChI=1S/C16H22ClNO3/c1-15(2)9-13(16(3,4)21-15)18(10-14(19)20)12-7-5-11(17)6-8-12/h5-8,13H,9-10H2,1-4H3,(H,19,20). The molecule has 0 aromatic heterocycles. The normalized spacial score (nSPS) is 23.0. The van der Waals surface area contributed by atoms with Crippen molar-refractivity contribution in [2.75, 3.05) is 11.4 Å². The van der Waals surface area contributed by atoms with Crippen molar-refractivity contribution in [2.45, 2.75) is 51.4 Å². The lowest BCUT2D eigenvalue weighted by atomic mass is 9.92. The molecule has 0 bridgehead atoms. The second-order valence-electron chi connectivity index (χ2n) is 6.68. The van der Waals surface area contributed by atoms with Gasteiger partial charge in [0.1, 0.15) is 6.54 Å². The van der Waals surface area contributed by atoms with Gasteiger partial charge in [0, 0.05) is 10.7 Å². The van der Waals surface area contributed by atoms with Crippen molar-refractivity contribution >= 4 is 23.3 Å². The summed E-state index contributed by atoms with van der Waals surface area (Å²) in [4.78, 5) is 13.2. The van der Waals surface area contributed by atoms with Crippen LogP contribution in [0.1, 0.15) is 34.1 Å². The third-order valence-corrected chi connectivity index (χ3v) is 4.12. The van der Waals surface area contributed by atoms with Gasteiger partial charge in [-0.05, 0) is 58.4 Å². The number of carbonyl (C=O) groups is 1. The maximum atomic E-state index is 11.3. The quantitative estimate of drug-likeness (QED) is 0.923. The van der Waals surface area contributed by atoms with Crippen molar-refractivity contribution < 1.29 is 14.6 Å². The molecular formula is C16H22ClNO3. The minimum Gasteiger partial charge on any atom is -0.480 e. The Morgan fingerprint density at radius 3 is 2.33 bits per heavy atom. The summed E-state index contributed by atoms with van der Waals surface area (Å²) in [5.74, 6) is -0.856. The number of nitrogens with zero attached hydrogens (tertiary/aromatic N) is 1. The second kappa shape index (κ2) is 5.50. The average molecular weight is 312 g/mol. The number of rotatable bonds is 4. The highest BCUT2D eigenvalue weighted by Crippen LogP contribution is 2.41. The van der Waals surface area contributed by atoms with Crippen LogP contribution in [-0.4, -0.2) is 34.9 Å². The van der Waals surface area contributed by atoms with E-state index in [0.29, 0.717) is 5.02 Å². The molecule has 1 unspecified atom stereocenters. The topological polar surface area (TPSA) is 49.8 Å². The van der Waals surface area contributed by atoms with E-state index in [4.69, 9.17) is 16.3 Å². The second-order valence-corrected chi connectivity index (χ2v) is 7.12. The maximum Gasteiger partial charge on any atom is 0.323 e. The van der Waals surface area contributed by atoms with E-state index in [1.54, 1.807) is 12.1 Å². The largest absolute Gasteiger partial charge is 0.480 e. The van der Waals surface area contributed by atoms with Gasteiger partial charge < -0.3 is 14.7 Å². The molecule has 1 aromatic rings. The molecule has 0 saturated carbocycles. The summed E-state index contributed by atoms with van der Waals surface area (Å²) < 4.78 is 6.10. The summed E-state index contributed by atoms with van der Waals surface area (Å²) >= 11 is 5.92. The van der Waals surface area contributed by atoms with Crippen molar-refractivity contribution in [3.8, 4) is 0 Å². The van der Waals surface area contributed by atoms with Crippen LogP contribution in [0, 0.1) is 0 Å². The monoisotopic (exact) mass is 311 g/mol. The van der Waals surface area contributed by atoms with Crippen molar-refractivity contribution in [1.29, 1.82) is 0 Å². The summed E-state index contributed by atoms with van der Waals surface area (Å²) in [6.07, 6.45) is 0.774. The SMILES string of the molecule is CC1(C)CC(N(CC(=O)O)c2ccc(Cl)cc2)C(C)(C)O1. The first kappa shape index (κ1) is 16.1. The van der Waals surface area contributed by atoms with Gasteiger partial charge in [-0.15, -0.1) is 0 Å². The maximum absolute atomic E-state index is 11.3. The number of hydrogen-bond donors (Lipinski definition) is 1. The molecule has 1 atom stereocenters. The van der Waals surface area contributed by atoms with Gasteiger partial charge in [-0.3, -0.25) is 4.79 Å². The zero-order valence-electron chi connectivity index (χ0n) is 12.9. The lowest BCUT2D eigenvalue weighted by Gasteiger charge is -2.37. The minimum absolute atomic E-state index is 0.00947. The molecule has 1 N–H and O–H groups in total. The summed E-state index contributed by atoms with van der Waals surface area (Å²) in [6, 6.07) is 7.25. The Hall–Kier alpha value is -1.26. The lowest BCUT2D eigenvalue weighted by molar-refractivity contribution is -0.135. The van der Waals surface area contributed by atoms with Crippen LogP contribution in [0.3, 0.4) is 0 Å². The highest BCUT2D eigenvalue weighted by molar-refractivity contribution is 6.30. The Morgan fingerprint density at radius 1 is 1.33 bits per heavy atom. The van der Waals surface area contributed by atoms with Crippen LogP contribution in [-0.2, 0) is 9.53 Å². The molecule has 1 aliphatic heterocycles. The fourth-order valence-electron chi connectivity index (χ4n) is 3.18. The van der Waals surface area contributed by atoms with E-state index in [9.17, 15) is 9.90 Å². The number of benzene rings is 1. The Labute approximate surface area is 130 Å². The molecule has 1 fully saturated rings. The highest BCUT2D eigenvalue weighted by Gasteiger charge is 2.48. The Morgan fingerprint density at radius 2 is 1.90 bits per heavy atom. The number of aliphatic carboxylic acids is 1.